The molecule has 0 saturated carbocycles. The molecule has 1 aromatic heterocycles. The topological polar surface area (TPSA) is 39.2 Å². The van der Waals surface area contributed by atoms with Crippen molar-refractivity contribution < 1.29 is 9.53 Å². The molecule has 0 aliphatic carbocycles. The summed E-state index contributed by atoms with van der Waals surface area (Å²) in [6.07, 6.45) is 1.30. The molecule has 20 heavy (non-hydrogen) atoms. The van der Waals surface area contributed by atoms with Crippen molar-refractivity contribution in [3.8, 4) is 0 Å². The molecule has 104 valence electrons. The molecule has 7 heteroatoms. The number of benzene rings is 1. The molecule has 1 heterocycles. The number of hydrogen-bond donors (Lipinski definition) is 0. The van der Waals surface area contributed by atoms with Gasteiger partial charge in [0.1, 0.15) is 11.8 Å². The van der Waals surface area contributed by atoms with E-state index in [0.29, 0.717) is 10.0 Å². The summed E-state index contributed by atoms with van der Waals surface area (Å²) < 4.78 is 5.12. The molecule has 1 aromatic carbocycles. The van der Waals surface area contributed by atoms with E-state index in [4.69, 9.17) is 51.1 Å². The first-order chi connectivity index (χ1) is 9.47. The van der Waals surface area contributed by atoms with Crippen molar-refractivity contribution in [1.29, 1.82) is 0 Å². The zero-order chi connectivity index (χ0) is 14.7. The Kier molecular flexibility index (Phi) is 5.11. The van der Waals surface area contributed by atoms with Gasteiger partial charge in [-0.3, -0.25) is 0 Å². The Morgan fingerprint density at radius 3 is 2.45 bits per heavy atom. The summed E-state index contributed by atoms with van der Waals surface area (Å²) in [6.45, 7) is 0.0654. The third-order valence-corrected chi connectivity index (χ3v) is 3.81. The van der Waals surface area contributed by atoms with Gasteiger partial charge in [0.15, 0.2) is 0 Å². The SMILES string of the molecule is O=C(OCc1ccc(Cl)c(Cl)c1)c1cnc(Cl)c(Cl)c1. The second kappa shape index (κ2) is 6.64. The van der Waals surface area contributed by atoms with Gasteiger partial charge in [0.05, 0.1) is 20.6 Å². The maximum atomic E-state index is 11.8. The molecular formula is C13H7Cl4NO2. The van der Waals surface area contributed by atoms with Gasteiger partial charge in [0.25, 0.3) is 0 Å². The lowest BCUT2D eigenvalue weighted by atomic mass is 10.2. The van der Waals surface area contributed by atoms with Gasteiger partial charge in [-0.15, -0.1) is 0 Å². The molecule has 2 aromatic rings. The highest BCUT2D eigenvalue weighted by Gasteiger charge is 2.11. The van der Waals surface area contributed by atoms with Crippen molar-refractivity contribution in [2.45, 2.75) is 6.61 Å². The summed E-state index contributed by atoms with van der Waals surface area (Å²) >= 11 is 23.1. The van der Waals surface area contributed by atoms with Crippen LogP contribution in [0.4, 0.5) is 0 Å². The third kappa shape index (κ3) is 3.76. The number of halogens is 4. The standard InChI is InChI=1S/C13H7Cl4NO2/c14-9-2-1-7(3-10(9)15)6-20-13(19)8-4-11(16)12(17)18-5-8/h1-5H,6H2. The summed E-state index contributed by atoms with van der Waals surface area (Å²) in [6, 6.07) is 6.38. The summed E-state index contributed by atoms with van der Waals surface area (Å²) in [5, 5.41) is 1.16. The monoisotopic (exact) mass is 349 g/mol. The van der Waals surface area contributed by atoms with Crippen LogP contribution in [0, 0.1) is 0 Å². The lowest BCUT2D eigenvalue weighted by Gasteiger charge is -2.06. The largest absolute Gasteiger partial charge is 0.457 e. The first-order valence-electron chi connectivity index (χ1n) is 5.39. The Hall–Kier alpha value is -1.00. The highest BCUT2D eigenvalue weighted by Crippen LogP contribution is 2.23. The lowest BCUT2D eigenvalue weighted by Crippen LogP contribution is -2.06. The van der Waals surface area contributed by atoms with E-state index in [0.717, 1.165) is 5.56 Å². The molecule has 0 aliphatic heterocycles. The van der Waals surface area contributed by atoms with Crippen LogP contribution in [0.5, 0.6) is 0 Å². The maximum Gasteiger partial charge on any atom is 0.340 e. The Bertz CT molecular complexity index is 661. The Balaban J connectivity index is 2.04. The fraction of sp³-hybridized carbons (Fsp3) is 0.0769. The maximum absolute atomic E-state index is 11.8. The van der Waals surface area contributed by atoms with E-state index < -0.39 is 5.97 Å². The highest BCUT2D eigenvalue weighted by atomic mass is 35.5. The second-order valence-corrected chi connectivity index (χ2v) is 5.40. The normalized spacial score (nSPS) is 10.4. The fourth-order valence-electron chi connectivity index (χ4n) is 1.39. The molecule has 0 fully saturated rings. The molecular weight excluding hydrogens is 344 g/mol. The first-order valence-corrected chi connectivity index (χ1v) is 6.90. The van der Waals surface area contributed by atoms with Crippen molar-refractivity contribution in [2.24, 2.45) is 0 Å². The van der Waals surface area contributed by atoms with Crippen molar-refractivity contribution in [1.82, 2.24) is 4.98 Å². The van der Waals surface area contributed by atoms with Crippen molar-refractivity contribution >= 4 is 52.4 Å². The number of pyridine rings is 1. The van der Waals surface area contributed by atoms with Crippen LogP contribution in [0.15, 0.2) is 30.5 Å². The van der Waals surface area contributed by atoms with E-state index in [2.05, 4.69) is 4.98 Å². The van der Waals surface area contributed by atoms with Crippen LogP contribution in [0.1, 0.15) is 15.9 Å². The van der Waals surface area contributed by atoms with E-state index in [9.17, 15) is 4.79 Å². The molecule has 3 nitrogen and oxygen atoms in total. The molecule has 0 unspecified atom stereocenters. The number of aromatic nitrogens is 1. The lowest BCUT2D eigenvalue weighted by molar-refractivity contribution is 0.0472. The van der Waals surface area contributed by atoms with E-state index in [1.54, 1.807) is 18.2 Å². The number of esters is 1. The minimum atomic E-state index is -0.554. The van der Waals surface area contributed by atoms with Gasteiger partial charge >= 0.3 is 5.97 Å². The van der Waals surface area contributed by atoms with E-state index >= 15 is 0 Å². The van der Waals surface area contributed by atoms with Crippen LogP contribution in [0.2, 0.25) is 20.2 Å². The average molecular weight is 351 g/mol. The van der Waals surface area contributed by atoms with Crippen LogP contribution in [0.3, 0.4) is 0 Å². The fourth-order valence-corrected chi connectivity index (χ4v) is 1.98. The second-order valence-electron chi connectivity index (χ2n) is 3.82. The van der Waals surface area contributed by atoms with Crippen molar-refractivity contribution in [2.75, 3.05) is 0 Å². The number of nitrogens with zero attached hydrogens (tertiary/aromatic N) is 1. The van der Waals surface area contributed by atoms with E-state index in [1.807, 2.05) is 0 Å². The number of rotatable bonds is 3. The van der Waals surface area contributed by atoms with Gasteiger partial charge < -0.3 is 4.74 Å². The molecule has 0 radical (unpaired) electrons. The smallest absolute Gasteiger partial charge is 0.340 e. The van der Waals surface area contributed by atoms with Gasteiger partial charge in [0.2, 0.25) is 0 Å². The average Bonchev–Trinajstić information content (AvgIpc) is 2.43. The van der Waals surface area contributed by atoms with Crippen LogP contribution >= 0.6 is 46.4 Å². The zero-order valence-electron chi connectivity index (χ0n) is 9.87. The van der Waals surface area contributed by atoms with Gasteiger partial charge in [-0.1, -0.05) is 52.5 Å². The summed E-state index contributed by atoms with van der Waals surface area (Å²) in [5.41, 5.74) is 0.945. The number of hydrogen-bond acceptors (Lipinski definition) is 3. The molecule has 0 N–H and O–H groups in total. The van der Waals surface area contributed by atoms with Crippen molar-refractivity contribution in [3.63, 3.8) is 0 Å². The molecule has 0 aliphatic rings. The molecule has 0 saturated heterocycles. The van der Waals surface area contributed by atoms with Crippen molar-refractivity contribution in [3.05, 3.63) is 61.8 Å². The molecule has 2 rings (SSSR count). The Morgan fingerprint density at radius 1 is 1.05 bits per heavy atom. The quantitative estimate of drug-likeness (QED) is 0.574. The van der Waals surface area contributed by atoms with Crippen LogP contribution in [-0.4, -0.2) is 11.0 Å². The Morgan fingerprint density at radius 2 is 1.80 bits per heavy atom. The van der Waals surface area contributed by atoms with Gasteiger partial charge in [-0.05, 0) is 23.8 Å². The van der Waals surface area contributed by atoms with Gasteiger partial charge in [0, 0.05) is 6.20 Å². The third-order valence-electron chi connectivity index (χ3n) is 2.39. The number of carbonyl (C=O) groups is 1. The van der Waals surface area contributed by atoms with Crippen LogP contribution in [0.25, 0.3) is 0 Å². The summed E-state index contributed by atoms with van der Waals surface area (Å²) in [7, 11) is 0. The molecule has 0 amide bonds. The number of carbonyl (C=O) groups excluding carboxylic acids is 1. The Labute approximate surface area is 135 Å². The van der Waals surface area contributed by atoms with Crippen LogP contribution < -0.4 is 0 Å². The van der Waals surface area contributed by atoms with E-state index in [-0.39, 0.29) is 22.3 Å². The highest BCUT2D eigenvalue weighted by molar-refractivity contribution is 6.42. The zero-order valence-corrected chi connectivity index (χ0v) is 12.9. The minimum absolute atomic E-state index is 0.0654. The van der Waals surface area contributed by atoms with Gasteiger partial charge in [-0.2, -0.15) is 0 Å². The van der Waals surface area contributed by atoms with E-state index in [1.165, 1.54) is 12.3 Å². The molecule has 0 spiro atoms. The molecule has 0 atom stereocenters. The van der Waals surface area contributed by atoms with Gasteiger partial charge in [-0.25, -0.2) is 9.78 Å². The van der Waals surface area contributed by atoms with Crippen LogP contribution in [-0.2, 0) is 11.3 Å². The number of ether oxygens (including phenoxy) is 1. The predicted molar refractivity (Wildman–Crippen MR) is 79.8 cm³/mol. The summed E-state index contributed by atoms with van der Waals surface area (Å²) in [5.74, 6) is -0.554. The minimum Gasteiger partial charge on any atom is -0.457 e. The predicted octanol–water partition coefficient (Wildman–Crippen LogP) is 5.05. The first kappa shape index (κ1) is 15.4. The summed E-state index contributed by atoms with van der Waals surface area (Å²) in [4.78, 5) is 15.6. The molecule has 0 bridgehead atoms.